The lowest BCUT2D eigenvalue weighted by Crippen LogP contribution is -2.13. The summed E-state index contributed by atoms with van der Waals surface area (Å²) in [5.74, 6) is 2.97. The van der Waals surface area contributed by atoms with Crippen molar-refractivity contribution < 1.29 is 14.6 Å². The highest BCUT2D eigenvalue weighted by Crippen LogP contribution is 2.30. The molecule has 1 atom stereocenters. The van der Waals surface area contributed by atoms with E-state index in [4.69, 9.17) is 9.47 Å². The number of aliphatic hydroxyl groups excluding tert-OH is 1. The number of aliphatic hydroxyl groups is 1. The van der Waals surface area contributed by atoms with Crippen LogP contribution < -0.4 is 9.47 Å². The summed E-state index contributed by atoms with van der Waals surface area (Å²) in [7, 11) is 3.18. The predicted octanol–water partition coefficient (Wildman–Crippen LogP) is 2.15. The van der Waals surface area contributed by atoms with E-state index in [1.54, 1.807) is 37.1 Å². The first-order chi connectivity index (χ1) is 10.6. The Kier molecular flexibility index (Phi) is 5.38. The van der Waals surface area contributed by atoms with Gasteiger partial charge in [-0.25, -0.2) is 9.67 Å². The zero-order valence-corrected chi connectivity index (χ0v) is 13.5. The van der Waals surface area contributed by atoms with Crippen LogP contribution in [0.4, 0.5) is 0 Å². The van der Waals surface area contributed by atoms with Crippen LogP contribution in [0.3, 0.4) is 0 Å². The first-order valence-corrected chi connectivity index (χ1v) is 7.45. The van der Waals surface area contributed by atoms with Gasteiger partial charge in [0.15, 0.2) is 5.82 Å². The highest BCUT2D eigenvalue weighted by molar-refractivity contribution is 5.41. The second-order valence-corrected chi connectivity index (χ2v) is 4.96. The molecular formula is C16H23N3O3. The Labute approximate surface area is 130 Å². The molecule has 1 aromatic heterocycles. The lowest BCUT2D eigenvalue weighted by Gasteiger charge is -2.16. The quantitative estimate of drug-likeness (QED) is 0.849. The van der Waals surface area contributed by atoms with Crippen LogP contribution in [-0.2, 0) is 19.4 Å². The van der Waals surface area contributed by atoms with Crippen LogP contribution in [0.25, 0.3) is 0 Å². The van der Waals surface area contributed by atoms with Crippen molar-refractivity contribution in [2.75, 3.05) is 14.2 Å². The minimum absolute atomic E-state index is 0.333. The zero-order chi connectivity index (χ0) is 16.1. The van der Waals surface area contributed by atoms with Gasteiger partial charge in [-0.2, -0.15) is 5.10 Å². The van der Waals surface area contributed by atoms with Crippen LogP contribution in [-0.4, -0.2) is 34.1 Å². The Bertz CT molecular complexity index is 625. The van der Waals surface area contributed by atoms with Gasteiger partial charge in [0.2, 0.25) is 0 Å². The summed E-state index contributed by atoms with van der Waals surface area (Å²) in [6, 6.07) is 5.38. The summed E-state index contributed by atoms with van der Waals surface area (Å²) >= 11 is 0. The van der Waals surface area contributed by atoms with E-state index in [0.29, 0.717) is 23.6 Å². The lowest BCUT2D eigenvalue weighted by atomic mass is 10.1. The standard InChI is InChI=1S/C16H23N3O3/c1-5-15-17-16(6-2)19(18-15)10-13(20)12-9-11(21-3)7-8-14(12)22-4/h7-9,13,20H,5-6,10H2,1-4H3. The number of hydrogen-bond acceptors (Lipinski definition) is 5. The maximum absolute atomic E-state index is 10.6. The van der Waals surface area contributed by atoms with E-state index < -0.39 is 6.10 Å². The highest BCUT2D eigenvalue weighted by atomic mass is 16.5. The van der Waals surface area contributed by atoms with Gasteiger partial charge < -0.3 is 14.6 Å². The molecule has 0 amide bonds. The van der Waals surface area contributed by atoms with Crippen LogP contribution in [0, 0.1) is 0 Å². The molecule has 0 saturated heterocycles. The molecule has 1 unspecified atom stereocenters. The average molecular weight is 305 g/mol. The van der Waals surface area contributed by atoms with Crippen molar-refractivity contribution in [2.45, 2.75) is 39.3 Å². The van der Waals surface area contributed by atoms with Gasteiger partial charge >= 0.3 is 0 Å². The first-order valence-electron chi connectivity index (χ1n) is 7.45. The first kappa shape index (κ1) is 16.3. The normalized spacial score (nSPS) is 12.2. The van der Waals surface area contributed by atoms with E-state index in [2.05, 4.69) is 10.1 Å². The summed E-state index contributed by atoms with van der Waals surface area (Å²) in [5, 5.41) is 15.0. The number of nitrogens with zero attached hydrogens (tertiary/aromatic N) is 3. The largest absolute Gasteiger partial charge is 0.497 e. The van der Waals surface area contributed by atoms with E-state index >= 15 is 0 Å². The Balaban J connectivity index is 2.28. The molecule has 120 valence electrons. The van der Waals surface area contributed by atoms with Crippen LogP contribution in [0.1, 0.15) is 37.2 Å². The van der Waals surface area contributed by atoms with Gasteiger partial charge in [0.05, 0.1) is 20.8 Å². The SMILES string of the molecule is CCc1nc(CC)n(CC(O)c2cc(OC)ccc2OC)n1. The molecule has 1 aromatic carbocycles. The molecule has 0 aliphatic rings. The van der Waals surface area contributed by atoms with Gasteiger partial charge in [-0.05, 0) is 18.2 Å². The number of ether oxygens (including phenoxy) is 2. The average Bonchev–Trinajstić information content (AvgIpc) is 2.96. The van der Waals surface area contributed by atoms with Crippen molar-refractivity contribution in [3.05, 3.63) is 35.4 Å². The fourth-order valence-electron chi connectivity index (χ4n) is 2.35. The van der Waals surface area contributed by atoms with E-state index in [9.17, 15) is 5.11 Å². The summed E-state index contributed by atoms with van der Waals surface area (Å²) in [6.07, 6.45) is 0.801. The minimum atomic E-state index is -0.748. The topological polar surface area (TPSA) is 69.4 Å². The van der Waals surface area contributed by atoms with E-state index in [1.165, 1.54) is 0 Å². The van der Waals surface area contributed by atoms with Crippen LogP contribution in [0.15, 0.2) is 18.2 Å². The van der Waals surface area contributed by atoms with Crippen molar-refractivity contribution in [3.8, 4) is 11.5 Å². The molecule has 1 N–H and O–H groups in total. The summed E-state index contributed by atoms with van der Waals surface area (Å²) in [4.78, 5) is 4.46. The van der Waals surface area contributed by atoms with Gasteiger partial charge in [-0.3, -0.25) is 0 Å². The Morgan fingerprint density at radius 1 is 1.18 bits per heavy atom. The smallest absolute Gasteiger partial charge is 0.150 e. The Morgan fingerprint density at radius 2 is 1.95 bits per heavy atom. The lowest BCUT2D eigenvalue weighted by molar-refractivity contribution is 0.146. The molecule has 0 aliphatic carbocycles. The summed E-state index contributed by atoms with van der Waals surface area (Å²) in [6.45, 7) is 4.37. The number of methoxy groups -OCH3 is 2. The van der Waals surface area contributed by atoms with E-state index in [-0.39, 0.29) is 0 Å². The maximum atomic E-state index is 10.6. The fraction of sp³-hybridized carbons (Fsp3) is 0.500. The predicted molar refractivity (Wildman–Crippen MR) is 83.3 cm³/mol. The van der Waals surface area contributed by atoms with Gasteiger partial charge in [0, 0.05) is 18.4 Å². The molecule has 6 heteroatoms. The number of aromatic nitrogens is 3. The van der Waals surface area contributed by atoms with Crippen LogP contribution >= 0.6 is 0 Å². The number of rotatable bonds is 7. The maximum Gasteiger partial charge on any atom is 0.150 e. The molecule has 0 saturated carbocycles. The third kappa shape index (κ3) is 3.39. The number of hydrogen-bond donors (Lipinski definition) is 1. The Hall–Kier alpha value is -2.08. The molecule has 0 fully saturated rings. The molecule has 0 radical (unpaired) electrons. The number of benzene rings is 1. The third-order valence-corrected chi connectivity index (χ3v) is 3.57. The molecule has 0 aliphatic heterocycles. The van der Waals surface area contributed by atoms with Gasteiger partial charge in [0.25, 0.3) is 0 Å². The van der Waals surface area contributed by atoms with Crippen molar-refractivity contribution in [1.29, 1.82) is 0 Å². The minimum Gasteiger partial charge on any atom is -0.497 e. The van der Waals surface area contributed by atoms with Crippen LogP contribution in [0.5, 0.6) is 11.5 Å². The van der Waals surface area contributed by atoms with Crippen molar-refractivity contribution in [3.63, 3.8) is 0 Å². The molecule has 6 nitrogen and oxygen atoms in total. The zero-order valence-electron chi connectivity index (χ0n) is 13.5. The van der Waals surface area contributed by atoms with Crippen molar-refractivity contribution in [2.24, 2.45) is 0 Å². The fourth-order valence-corrected chi connectivity index (χ4v) is 2.35. The monoisotopic (exact) mass is 305 g/mol. The van der Waals surface area contributed by atoms with Gasteiger partial charge in [-0.1, -0.05) is 13.8 Å². The number of aryl methyl sites for hydroxylation is 2. The molecule has 1 heterocycles. The molecule has 2 rings (SSSR count). The molecule has 0 bridgehead atoms. The van der Waals surface area contributed by atoms with Crippen LogP contribution in [0.2, 0.25) is 0 Å². The highest BCUT2D eigenvalue weighted by Gasteiger charge is 2.18. The second kappa shape index (κ2) is 7.26. The molecular weight excluding hydrogens is 282 g/mol. The van der Waals surface area contributed by atoms with E-state index in [1.807, 2.05) is 13.8 Å². The molecule has 0 spiro atoms. The van der Waals surface area contributed by atoms with Gasteiger partial charge in [-0.15, -0.1) is 0 Å². The van der Waals surface area contributed by atoms with E-state index in [0.717, 1.165) is 24.5 Å². The van der Waals surface area contributed by atoms with Crippen molar-refractivity contribution >= 4 is 0 Å². The summed E-state index contributed by atoms with van der Waals surface area (Å²) in [5.41, 5.74) is 0.678. The summed E-state index contributed by atoms with van der Waals surface area (Å²) < 4.78 is 12.3. The van der Waals surface area contributed by atoms with Crippen molar-refractivity contribution in [1.82, 2.24) is 14.8 Å². The molecule has 2 aromatic rings. The Morgan fingerprint density at radius 3 is 2.55 bits per heavy atom. The molecule has 22 heavy (non-hydrogen) atoms. The second-order valence-electron chi connectivity index (χ2n) is 4.96. The third-order valence-electron chi connectivity index (χ3n) is 3.57. The van der Waals surface area contributed by atoms with Gasteiger partial charge in [0.1, 0.15) is 23.4 Å².